The van der Waals surface area contributed by atoms with Crippen LogP contribution in [0.4, 0.5) is 22.7 Å². The molecular weight excluding hydrogens is 536 g/mol. The van der Waals surface area contributed by atoms with Crippen LogP contribution in [0.15, 0.2) is 126 Å². The predicted octanol–water partition coefficient (Wildman–Crippen LogP) is 7.62. The molecule has 0 heterocycles. The normalized spacial score (nSPS) is 11.2. The van der Waals surface area contributed by atoms with E-state index in [2.05, 4.69) is 10.6 Å². The van der Waals surface area contributed by atoms with Gasteiger partial charge in [-0.15, -0.1) is 0 Å². The molecule has 5 rings (SSSR count). The van der Waals surface area contributed by atoms with Crippen molar-refractivity contribution in [2.24, 2.45) is 0 Å². The molecule has 0 radical (unpaired) electrons. The molecule has 0 aliphatic rings. The highest BCUT2D eigenvalue weighted by Crippen LogP contribution is 2.38. The van der Waals surface area contributed by atoms with Crippen molar-refractivity contribution in [3.05, 3.63) is 138 Å². The predicted molar refractivity (Wildman–Crippen MR) is 163 cm³/mol. The van der Waals surface area contributed by atoms with Crippen LogP contribution in [0.25, 0.3) is 0 Å². The molecule has 0 amide bonds. The fourth-order valence-corrected chi connectivity index (χ4v) is 5.56. The van der Waals surface area contributed by atoms with Gasteiger partial charge in [-0.1, -0.05) is 66.7 Å². The maximum Gasteiger partial charge on any atom is 0.294 e. The summed E-state index contributed by atoms with van der Waals surface area (Å²) in [6.07, 6.45) is 0. The Bertz CT molecular complexity index is 1640. The molecule has 7 nitrogen and oxygen atoms in total. The molecule has 8 heteroatoms. The first-order valence-electron chi connectivity index (χ1n) is 12.9. The van der Waals surface area contributed by atoms with Crippen molar-refractivity contribution in [1.29, 1.82) is 0 Å². The van der Waals surface area contributed by atoms with Gasteiger partial charge in [0.2, 0.25) is 0 Å². The second kappa shape index (κ2) is 12.2. The summed E-state index contributed by atoms with van der Waals surface area (Å²) in [5.41, 5.74) is 5.54. The van der Waals surface area contributed by atoms with Crippen LogP contribution >= 0.6 is 0 Å². The summed E-state index contributed by atoms with van der Waals surface area (Å²) in [5.74, 6) is 0.977. The zero-order chi connectivity index (χ0) is 28.8. The summed E-state index contributed by atoms with van der Waals surface area (Å²) in [6, 6.07) is 37.3. The lowest BCUT2D eigenvalue weighted by Gasteiger charge is -2.22. The maximum atomic E-state index is 12.4. The summed E-state index contributed by atoms with van der Waals surface area (Å²) >= 11 is 0. The lowest BCUT2D eigenvalue weighted by Crippen LogP contribution is -2.10. The number of para-hydroxylation sites is 4. The molecular formula is C33H30N2O5S. The highest BCUT2D eigenvalue weighted by Gasteiger charge is 2.25. The average Bonchev–Trinajstić information content (AvgIpc) is 2.99. The van der Waals surface area contributed by atoms with Crippen LogP contribution in [0.5, 0.6) is 11.5 Å². The molecule has 5 aromatic rings. The largest absolute Gasteiger partial charge is 0.495 e. The zero-order valence-corrected chi connectivity index (χ0v) is 23.4. The number of nitrogens with one attached hydrogen (secondary N) is 2. The summed E-state index contributed by atoms with van der Waals surface area (Å²) in [6.45, 7) is 0. The van der Waals surface area contributed by atoms with Gasteiger partial charge in [0.15, 0.2) is 0 Å². The first-order chi connectivity index (χ1) is 19.9. The monoisotopic (exact) mass is 566 g/mol. The van der Waals surface area contributed by atoms with Gasteiger partial charge in [-0.3, -0.25) is 4.55 Å². The van der Waals surface area contributed by atoms with E-state index < -0.39 is 16.0 Å². The van der Waals surface area contributed by atoms with Gasteiger partial charge in [-0.2, -0.15) is 8.42 Å². The minimum atomic E-state index is -4.46. The summed E-state index contributed by atoms with van der Waals surface area (Å²) in [4.78, 5) is -0.127. The first-order valence-corrected chi connectivity index (χ1v) is 14.4. The van der Waals surface area contributed by atoms with E-state index in [1.807, 2.05) is 97.1 Å². The zero-order valence-electron chi connectivity index (χ0n) is 22.6. The van der Waals surface area contributed by atoms with Crippen LogP contribution in [-0.2, 0) is 10.1 Å². The molecule has 0 atom stereocenters. The standard InChI is InChI=1S/C33H30N2O5S/c1-39-30-12-6-4-10-28(30)34-25-19-15-23(16-20-25)33(27-9-3-8-14-32(27)41(36,37)38)24-17-21-26(22-18-24)35-29-11-5-7-13-31(29)40-2/h3-22,33-35H,1-2H3,(H,36,37,38). The number of hydrogen-bond acceptors (Lipinski definition) is 6. The van der Waals surface area contributed by atoms with Crippen LogP contribution in [0.2, 0.25) is 0 Å². The van der Waals surface area contributed by atoms with E-state index in [1.165, 1.54) is 6.07 Å². The Hall–Kier alpha value is -4.79. The van der Waals surface area contributed by atoms with E-state index in [0.717, 1.165) is 45.4 Å². The Morgan fingerprint density at radius 3 is 1.44 bits per heavy atom. The Labute approximate surface area is 240 Å². The fraction of sp³-hybridized carbons (Fsp3) is 0.0909. The van der Waals surface area contributed by atoms with Crippen molar-refractivity contribution in [3.63, 3.8) is 0 Å². The third-order valence-corrected chi connectivity index (χ3v) is 7.70. The minimum Gasteiger partial charge on any atom is -0.495 e. The Morgan fingerprint density at radius 1 is 0.585 bits per heavy atom. The Balaban J connectivity index is 1.52. The van der Waals surface area contributed by atoms with Gasteiger partial charge in [-0.05, 0) is 71.3 Å². The molecule has 0 aliphatic carbocycles. The second-order valence-corrected chi connectivity index (χ2v) is 10.7. The van der Waals surface area contributed by atoms with Gasteiger partial charge in [0, 0.05) is 17.3 Å². The number of rotatable bonds is 10. The van der Waals surface area contributed by atoms with Gasteiger partial charge in [0.1, 0.15) is 11.5 Å². The van der Waals surface area contributed by atoms with Gasteiger partial charge < -0.3 is 20.1 Å². The Kier molecular flexibility index (Phi) is 8.24. The summed E-state index contributed by atoms with van der Waals surface area (Å²) in [5, 5.41) is 6.73. The van der Waals surface area contributed by atoms with Crippen LogP contribution in [0, 0.1) is 0 Å². The molecule has 0 fully saturated rings. The molecule has 5 aromatic carbocycles. The van der Waals surface area contributed by atoms with Gasteiger partial charge >= 0.3 is 0 Å². The van der Waals surface area contributed by atoms with Crippen LogP contribution in [-0.4, -0.2) is 27.2 Å². The van der Waals surface area contributed by atoms with Crippen molar-refractivity contribution in [2.45, 2.75) is 10.8 Å². The molecule has 0 bridgehead atoms. The fourth-order valence-electron chi connectivity index (χ4n) is 4.83. The highest BCUT2D eigenvalue weighted by molar-refractivity contribution is 7.85. The van der Waals surface area contributed by atoms with Gasteiger partial charge in [-0.25, -0.2) is 0 Å². The highest BCUT2D eigenvalue weighted by atomic mass is 32.2. The van der Waals surface area contributed by atoms with Crippen LogP contribution in [0.1, 0.15) is 22.6 Å². The average molecular weight is 567 g/mol. The van der Waals surface area contributed by atoms with Crippen molar-refractivity contribution < 1.29 is 22.4 Å². The molecule has 0 aromatic heterocycles. The smallest absolute Gasteiger partial charge is 0.294 e. The second-order valence-electron chi connectivity index (χ2n) is 9.34. The van der Waals surface area contributed by atoms with Crippen molar-refractivity contribution in [1.82, 2.24) is 0 Å². The van der Waals surface area contributed by atoms with E-state index >= 15 is 0 Å². The van der Waals surface area contributed by atoms with Crippen LogP contribution in [0.3, 0.4) is 0 Å². The molecule has 3 N–H and O–H groups in total. The van der Waals surface area contributed by atoms with E-state index in [1.54, 1.807) is 32.4 Å². The third kappa shape index (κ3) is 6.35. The number of hydrogen-bond donors (Lipinski definition) is 3. The van der Waals surface area contributed by atoms with E-state index in [9.17, 15) is 13.0 Å². The molecule has 0 saturated carbocycles. The van der Waals surface area contributed by atoms with Crippen molar-refractivity contribution in [3.8, 4) is 11.5 Å². The lowest BCUT2D eigenvalue weighted by molar-refractivity contribution is 0.416. The Morgan fingerprint density at radius 2 is 1.00 bits per heavy atom. The maximum absolute atomic E-state index is 12.4. The molecule has 0 unspecified atom stereocenters. The molecule has 0 spiro atoms. The lowest BCUT2D eigenvalue weighted by atomic mass is 9.85. The summed E-state index contributed by atoms with van der Waals surface area (Å²) < 4.78 is 45.7. The van der Waals surface area contributed by atoms with E-state index in [4.69, 9.17) is 9.47 Å². The minimum absolute atomic E-state index is 0.127. The van der Waals surface area contributed by atoms with Gasteiger partial charge in [0.05, 0.1) is 30.5 Å². The van der Waals surface area contributed by atoms with Crippen LogP contribution < -0.4 is 20.1 Å². The van der Waals surface area contributed by atoms with E-state index in [-0.39, 0.29) is 4.90 Å². The molecule has 0 aliphatic heterocycles. The number of methoxy groups -OCH3 is 2. The molecule has 41 heavy (non-hydrogen) atoms. The van der Waals surface area contributed by atoms with Crippen molar-refractivity contribution in [2.75, 3.05) is 24.9 Å². The number of anilines is 4. The van der Waals surface area contributed by atoms with E-state index in [0.29, 0.717) is 5.56 Å². The van der Waals surface area contributed by atoms with Gasteiger partial charge in [0.25, 0.3) is 10.1 Å². The number of ether oxygens (including phenoxy) is 2. The topological polar surface area (TPSA) is 96.9 Å². The quantitative estimate of drug-likeness (QED) is 0.118. The first kappa shape index (κ1) is 27.8. The molecule has 0 saturated heterocycles. The SMILES string of the molecule is COc1ccccc1Nc1ccc(C(c2ccc(Nc3ccccc3OC)cc2)c2ccccc2S(=O)(=O)O)cc1. The third-order valence-electron chi connectivity index (χ3n) is 6.77. The summed E-state index contributed by atoms with van der Waals surface area (Å²) in [7, 11) is -1.21. The van der Waals surface area contributed by atoms with Crippen molar-refractivity contribution >= 4 is 32.9 Å². The number of benzene rings is 5. The molecule has 208 valence electrons.